The summed E-state index contributed by atoms with van der Waals surface area (Å²) in [5, 5.41) is 30.9. The van der Waals surface area contributed by atoms with Gasteiger partial charge < -0.3 is 47.0 Å². The van der Waals surface area contributed by atoms with E-state index in [-0.39, 0.29) is 44.2 Å². The Bertz CT molecular complexity index is 1600. The molecule has 0 aromatic heterocycles. The molecular weight excluding hydrogens is 747 g/mol. The zero-order valence-corrected chi connectivity index (χ0v) is 34.4. The van der Waals surface area contributed by atoms with Crippen molar-refractivity contribution in [1.29, 1.82) is 0 Å². The van der Waals surface area contributed by atoms with E-state index in [9.17, 15) is 43.8 Å². The molecule has 1 aliphatic carbocycles. The number of nitrogens with one attached hydrogen (secondary N) is 4. The highest BCUT2D eigenvalue weighted by Crippen LogP contribution is 2.32. The molecule has 7 atom stereocenters. The number of likely N-dealkylation sites (tertiary alicyclic amines) is 1. The van der Waals surface area contributed by atoms with Crippen LogP contribution in [0.15, 0.2) is 24.3 Å². The SMILES string of the molecule is CCCNC(=O)[C@@H](NC(=O)[C@@H]1CCCN1C(=O)[C@H](CC(=O)O)NC(=O)C1Cc2ccccc2CN1C(=O)[C@H](CCCCN)NC(=O)C[C@H](C)C1CCCCC1)[C@@H](C)O. The van der Waals surface area contributed by atoms with Crippen LogP contribution in [0.25, 0.3) is 0 Å². The number of aliphatic hydroxyl groups excluding tert-OH is 1. The number of carbonyl (C=O) groups is 7. The molecule has 3 aliphatic rings. The zero-order chi connectivity index (χ0) is 42.4. The predicted molar refractivity (Wildman–Crippen MR) is 216 cm³/mol. The molecule has 6 amide bonds. The lowest BCUT2D eigenvalue weighted by Gasteiger charge is -2.39. The number of fused-ring (bicyclic) bond motifs is 1. The van der Waals surface area contributed by atoms with E-state index in [1.165, 1.54) is 23.1 Å². The smallest absolute Gasteiger partial charge is 0.305 e. The van der Waals surface area contributed by atoms with E-state index in [0.29, 0.717) is 51.1 Å². The molecule has 4 rings (SSSR count). The fourth-order valence-corrected chi connectivity index (χ4v) is 8.51. The molecule has 0 bridgehead atoms. The maximum atomic E-state index is 14.5. The predicted octanol–water partition coefficient (Wildman–Crippen LogP) is 1.50. The van der Waals surface area contributed by atoms with E-state index in [0.717, 1.165) is 36.8 Å². The topological polar surface area (TPSA) is 241 Å². The lowest BCUT2D eigenvalue weighted by Crippen LogP contribution is -2.61. The first-order valence-corrected chi connectivity index (χ1v) is 21.2. The van der Waals surface area contributed by atoms with Crippen molar-refractivity contribution in [3.8, 4) is 0 Å². The average Bonchev–Trinajstić information content (AvgIpc) is 3.70. The summed E-state index contributed by atoms with van der Waals surface area (Å²) in [5.74, 6) is -4.29. The van der Waals surface area contributed by atoms with Crippen molar-refractivity contribution in [3.63, 3.8) is 0 Å². The van der Waals surface area contributed by atoms with E-state index in [1.54, 1.807) is 0 Å². The van der Waals surface area contributed by atoms with Crippen LogP contribution in [0.4, 0.5) is 0 Å². The van der Waals surface area contributed by atoms with Gasteiger partial charge in [0.25, 0.3) is 0 Å². The molecule has 1 unspecified atom stereocenters. The van der Waals surface area contributed by atoms with Gasteiger partial charge in [-0.1, -0.05) is 70.2 Å². The Hall–Kier alpha value is -4.57. The van der Waals surface area contributed by atoms with E-state index >= 15 is 0 Å². The fourth-order valence-electron chi connectivity index (χ4n) is 8.51. The minimum absolute atomic E-state index is 0.0526. The largest absolute Gasteiger partial charge is 0.481 e. The Labute approximate surface area is 341 Å². The van der Waals surface area contributed by atoms with Crippen molar-refractivity contribution in [3.05, 3.63) is 35.4 Å². The lowest BCUT2D eigenvalue weighted by molar-refractivity contribution is -0.149. The Kier molecular flexibility index (Phi) is 17.9. The molecule has 1 saturated carbocycles. The van der Waals surface area contributed by atoms with Crippen LogP contribution in [-0.4, -0.2) is 117 Å². The molecule has 1 aromatic rings. The van der Waals surface area contributed by atoms with E-state index in [2.05, 4.69) is 28.2 Å². The molecule has 58 heavy (non-hydrogen) atoms. The molecule has 0 radical (unpaired) electrons. The average molecular weight is 812 g/mol. The van der Waals surface area contributed by atoms with Gasteiger partial charge in [-0.15, -0.1) is 0 Å². The summed E-state index contributed by atoms with van der Waals surface area (Å²) in [5.41, 5.74) is 7.41. The zero-order valence-electron chi connectivity index (χ0n) is 34.4. The van der Waals surface area contributed by atoms with Gasteiger partial charge in [0, 0.05) is 32.5 Å². The Morgan fingerprint density at radius 2 is 1.48 bits per heavy atom. The maximum Gasteiger partial charge on any atom is 0.305 e. The summed E-state index contributed by atoms with van der Waals surface area (Å²) in [6.45, 7) is 6.18. The molecule has 8 N–H and O–H groups in total. The summed E-state index contributed by atoms with van der Waals surface area (Å²) in [4.78, 5) is 97.4. The Morgan fingerprint density at radius 1 is 0.810 bits per heavy atom. The van der Waals surface area contributed by atoms with Gasteiger partial charge in [0.15, 0.2) is 0 Å². The van der Waals surface area contributed by atoms with Crippen molar-refractivity contribution < 1.29 is 43.8 Å². The number of hydrogen-bond acceptors (Lipinski definition) is 9. The lowest BCUT2D eigenvalue weighted by atomic mass is 9.79. The molecule has 1 saturated heterocycles. The van der Waals surface area contributed by atoms with Crippen molar-refractivity contribution in [1.82, 2.24) is 31.1 Å². The van der Waals surface area contributed by atoms with Crippen LogP contribution in [0.2, 0.25) is 0 Å². The number of carboxylic acids is 1. The number of unbranched alkanes of at least 4 members (excludes halogenated alkanes) is 1. The second kappa shape index (κ2) is 22.5. The highest BCUT2D eigenvalue weighted by Gasteiger charge is 2.43. The first-order chi connectivity index (χ1) is 27.7. The van der Waals surface area contributed by atoms with Crippen LogP contribution in [0.5, 0.6) is 0 Å². The highest BCUT2D eigenvalue weighted by atomic mass is 16.4. The van der Waals surface area contributed by atoms with Gasteiger partial charge in [-0.25, -0.2) is 0 Å². The third-order valence-electron chi connectivity index (χ3n) is 11.8. The minimum atomic E-state index is -1.59. The number of aliphatic carboxylic acids is 1. The number of hydrogen-bond donors (Lipinski definition) is 7. The number of carbonyl (C=O) groups excluding carboxylic acids is 6. The molecule has 2 heterocycles. The van der Waals surface area contributed by atoms with E-state index in [4.69, 9.17) is 5.73 Å². The van der Waals surface area contributed by atoms with Gasteiger partial charge in [0.05, 0.1) is 12.5 Å². The van der Waals surface area contributed by atoms with Crippen LogP contribution < -0.4 is 27.0 Å². The first kappa shape index (κ1) is 46.1. The number of amides is 6. The fraction of sp³-hybridized carbons (Fsp3) is 0.690. The van der Waals surface area contributed by atoms with Gasteiger partial charge in [0.2, 0.25) is 35.4 Å². The first-order valence-electron chi connectivity index (χ1n) is 21.2. The number of aliphatic hydroxyl groups is 1. The number of nitrogens with two attached hydrogens (primary N) is 1. The Morgan fingerprint density at radius 3 is 2.14 bits per heavy atom. The quantitative estimate of drug-likeness (QED) is 0.0937. The second-order valence-corrected chi connectivity index (χ2v) is 16.3. The van der Waals surface area contributed by atoms with Gasteiger partial charge in [-0.2, -0.15) is 0 Å². The van der Waals surface area contributed by atoms with Gasteiger partial charge >= 0.3 is 5.97 Å². The molecule has 1 aromatic carbocycles. The van der Waals surface area contributed by atoms with E-state index in [1.807, 2.05) is 31.2 Å². The van der Waals surface area contributed by atoms with Crippen LogP contribution in [0.3, 0.4) is 0 Å². The molecule has 0 spiro atoms. The van der Waals surface area contributed by atoms with Crippen molar-refractivity contribution in [2.75, 3.05) is 19.6 Å². The molecule has 322 valence electrons. The monoisotopic (exact) mass is 811 g/mol. The molecule has 2 aliphatic heterocycles. The summed E-state index contributed by atoms with van der Waals surface area (Å²) in [6.07, 6.45) is 6.73. The number of carboxylic acid groups (broad SMARTS) is 1. The third kappa shape index (κ3) is 12.7. The summed E-state index contributed by atoms with van der Waals surface area (Å²) < 4.78 is 0. The van der Waals surface area contributed by atoms with Crippen LogP contribution >= 0.6 is 0 Å². The van der Waals surface area contributed by atoms with Crippen molar-refractivity contribution in [2.24, 2.45) is 17.6 Å². The minimum Gasteiger partial charge on any atom is -0.481 e. The molecule has 16 heteroatoms. The number of rotatable bonds is 20. The standard InChI is InChI=1S/C42H65N7O9/c1-4-20-44-40(56)37(27(3)50)47-38(54)33-18-12-21-48(33)42(58)32(24-36(52)53)46-39(55)34-23-29-15-8-9-16-30(29)25-49(34)41(57)31(17-10-11-19-43)45-35(51)22-26(2)28-13-6-5-7-14-28/h8-9,15-16,26-28,31-34,37,50H,4-7,10-14,17-25,43H2,1-3H3,(H,44,56)(H,45,51)(H,46,55)(H,47,54)(H,52,53)/t26-,27+,31-,32-,33-,34?,37-/m0/s1. The second-order valence-electron chi connectivity index (χ2n) is 16.3. The summed E-state index contributed by atoms with van der Waals surface area (Å²) in [6, 6.07) is 1.32. The van der Waals surface area contributed by atoms with Crippen molar-refractivity contribution in [2.45, 2.75) is 154 Å². The number of nitrogens with zero attached hydrogens (tertiary/aromatic N) is 2. The molecule has 2 fully saturated rings. The van der Waals surface area contributed by atoms with Gasteiger partial charge in [0.1, 0.15) is 30.2 Å². The van der Waals surface area contributed by atoms with Crippen LogP contribution in [0, 0.1) is 11.8 Å². The Balaban J connectivity index is 1.55. The highest BCUT2D eigenvalue weighted by molar-refractivity contribution is 5.98. The van der Waals surface area contributed by atoms with Crippen LogP contribution in [-0.2, 0) is 46.5 Å². The normalized spacial score (nSPS) is 20.8. The van der Waals surface area contributed by atoms with Crippen LogP contribution in [0.1, 0.15) is 115 Å². The number of benzene rings is 1. The van der Waals surface area contributed by atoms with Crippen molar-refractivity contribution >= 4 is 41.4 Å². The third-order valence-corrected chi connectivity index (χ3v) is 11.8. The summed E-state index contributed by atoms with van der Waals surface area (Å²) in [7, 11) is 0. The van der Waals surface area contributed by atoms with E-state index < -0.39 is 78.2 Å². The van der Waals surface area contributed by atoms with Gasteiger partial charge in [-0.3, -0.25) is 33.6 Å². The summed E-state index contributed by atoms with van der Waals surface area (Å²) >= 11 is 0. The molecule has 16 nitrogen and oxygen atoms in total. The molecular formula is C42H65N7O9. The maximum absolute atomic E-state index is 14.5. The van der Waals surface area contributed by atoms with Gasteiger partial charge in [-0.05, 0) is 75.0 Å².